The summed E-state index contributed by atoms with van der Waals surface area (Å²) in [5.74, 6) is -1.12. The molecule has 1 rings (SSSR count). The van der Waals surface area contributed by atoms with Crippen LogP contribution in [0.3, 0.4) is 0 Å². The summed E-state index contributed by atoms with van der Waals surface area (Å²) >= 11 is 0. The lowest BCUT2D eigenvalue weighted by Crippen LogP contribution is -2.23. The maximum atomic E-state index is 13.0. The number of carbonyl (C=O) groups is 1. The van der Waals surface area contributed by atoms with Gasteiger partial charge in [-0.05, 0) is 37.1 Å². The van der Waals surface area contributed by atoms with Gasteiger partial charge in [0.05, 0.1) is 6.10 Å². The molecule has 0 aliphatic rings. The minimum atomic E-state index is -0.827. The van der Waals surface area contributed by atoms with Crippen LogP contribution in [-0.2, 0) is 4.79 Å². The van der Waals surface area contributed by atoms with Gasteiger partial charge in [0.2, 0.25) is 0 Å². The number of hydrogen-bond donors (Lipinski definition) is 3. The molecule has 5 heteroatoms. The van der Waals surface area contributed by atoms with E-state index in [0.29, 0.717) is 30.6 Å². The Bertz CT molecular complexity index is 409. The van der Waals surface area contributed by atoms with Gasteiger partial charge >= 0.3 is 5.97 Å². The fraction of sp³-hybridized carbons (Fsp3) is 0.462. The topological polar surface area (TPSA) is 69.6 Å². The lowest BCUT2D eigenvalue weighted by atomic mass is 10.1. The highest BCUT2D eigenvalue weighted by atomic mass is 19.1. The Hall–Kier alpha value is -1.46. The van der Waals surface area contributed by atoms with Crippen LogP contribution in [0.5, 0.6) is 0 Å². The molecule has 0 spiro atoms. The van der Waals surface area contributed by atoms with E-state index >= 15 is 0 Å². The fourth-order valence-corrected chi connectivity index (χ4v) is 1.60. The molecular formula is C13H18FNO3. The largest absolute Gasteiger partial charge is 0.481 e. The van der Waals surface area contributed by atoms with E-state index in [1.54, 1.807) is 19.1 Å². The molecule has 18 heavy (non-hydrogen) atoms. The van der Waals surface area contributed by atoms with Crippen LogP contribution in [0.4, 0.5) is 4.39 Å². The zero-order valence-corrected chi connectivity index (χ0v) is 10.3. The Morgan fingerprint density at radius 1 is 1.50 bits per heavy atom. The number of carboxylic acid groups (broad SMARTS) is 1. The first-order valence-corrected chi connectivity index (χ1v) is 5.87. The van der Waals surface area contributed by atoms with Crippen LogP contribution in [0.25, 0.3) is 0 Å². The molecule has 1 atom stereocenters. The zero-order chi connectivity index (χ0) is 13.5. The van der Waals surface area contributed by atoms with Crippen LogP contribution < -0.4 is 5.32 Å². The van der Waals surface area contributed by atoms with Crippen LogP contribution in [-0.4, -0.2) is 29.3 Å². The van der Waals surface area contributed by atoms with E-state index < -0.39 is 12.1 Å². The van der Waals surface area contributed by atoms with Gasteiger partial charge in [-0.25, -0.2) is 4.39 Å². The van der Waals surface area contributed by atoms with Crippen molar-refractivity contribution in [3.63, 3.8) is 0 Å². The van der Waals surface area contributed by atoms with Crippen LogP contribution in [0.15, 0.2) is 18.2 Å². The van der Waals surface area contributed by atoms with Gasteiger partial charge in [0.15, 0.2) is 0 Å². The summed E-state index contributed by atoms with van der Waals surface area (Å²) in [5.41, 5.74) is 1.15. The second-order valence-electron chi connectivity index (χ2n) is 4.23. The Morgan fingerprint density at radius 2 is 2.22 bits per heavy atom. The summed E-state index contributed by atoms with van der Waals surface area (Å²) in [6.45, 7) is 2.50. The molecule has 3 N–H and O–H groups in total. The van der Waals surface area contributed by atoms with Crippen LogP contribution >= 0.6 is 0 Å². The van der Waals surface area contributed by atoms with Crippen molar-refractivity contribution in [3.8, 4) is 0 Å². The predicted molar refractivity (Wildman–Crippen MR) is 65.8 cm³/mol. The normalized spacial score (nSPS) is 12.4. The van der Waals surface area contributed by atoms with Gasteiger partial charge in [0.1, 0.15) is 5.82 Å². The smallest absolute Gasteiger partial charge is 0.303 e. The number of aliphatic carboxylic acids is 1. The van der Waals surface area contributed by atoms with E-state index in [2.05, 4.69) is 5.32 Å². The molecule has 1 aromatic rings. The third-order valence-electron chi connectivity index (χ3n) is 2.65. The molecular weight excluding hydrogens is 237 g/mol. The number of aliphatic hydroxyl groups is 1. The molecule has 100 valence electrons. The molecule has 0 aliphatic carbocycles. The van der Waals surface area contributed by atoms with Crippen molar-refractivity contribution >= 4 is 5.97 Å². The molecule has 0 radical (unpaired) electrons. The molecule has 0 saturated carbocycles. The second kappa shape index (κ2) is 7.08. The Morgan fingerprint density at radius 3 is 2.83 bits per heavy atom. The SMILES string of the molecule is Cc1cc(C(O)CNCCCC(=O)O)ccc1F. The van der Waals surface area contributed by atoms with Crippen LogP contribution in [0.1, 0.15) is 30.1 Å². The van der Waals surface area contributed by atoms with E-state index in [9.17, 15) is 14.3 Å². The molecule has 0 heterocycles. The average molecular weight is 255 g/mol. The summed E-state index contributed by atoms with van der Waals surface area (Å²) in [4.78, 5) is 10.3. The fourth-order valence-electron chi connectivity index (χ4n) is 1.60. The van der Waals surface area contributed by atoms with Gasteiger partial charge < -0.3 is 15.5 Å². The second-order valence-corrected chi connectivity index (χ2v) is 4.23. The van der Waals surface area contributed by atoms with E-state index in [-0.39, 0.29) is 12.2 Å². The maximum absolute atomic E-state index is 13.0. The van der Waals surface area contributed by atoms with Crippen molar-refractivity contribution in [2.75, 3.05) is 13.1 Å². The minimum Gasteiger partial charge on any atom is -0.481 e. The average Bonchev–Trinajstić information content (AvgIpc) is 2.31. The summed E-state index contributed by atoms with van der Waals surface area (Å²) < 4.78 is 13.0. The summed E-state index contributed by atoms with van der Waals surface area (Å²) in [5, 5.41) is 21.3. The molecule has 0 aliphatic heterocycles. The van der Waals surface area contributed by atoms with Gasteiger partial charge in [0.25, 0.3) is 0 Å². The first-order valence-electron chi connectivity index (χ1n) is 5.87. The lowest BCUT2D eigenvalue weighted by Gasteiger charge is -2.12. The number of rotatable bonds is 7. The maximum Gasteiger partial charge on any atom is 0.303 e. The van der Waals surface area contributed by atoms with Crippen molar-refractivity contribution in [1.82, 2.24) is 5.32 Å². The Labute approximate surface area is 105 Å². The summed E-state index contributed by atoms with van der Waals surface area (Å²) in [7, 11) is 0. The van der Waals surface area contributed by atoms with Gasteiger partial charge in [0, 0.05) is 13.0 Å². The summed E-state index contributed by atoms with van der Waals surface area (Å²) in [6.07, 6.45) is -0.0855. The van der Waals surface area contributed by atoms with E-state index in [1.165, 1.54) is 6.07 Å². The number of aliphatic hydroxyl groups excluding tert-OH is 1. The van der Waals surface area contributed by atoms with E-state index in [4.69, 9.17) is 5.11 Å². The van der Waals surface area contributed by atoms with Crippen molar-refractivity contribution in [2.24, 2.45) is 0 Å². The molecule has 0 saturated heterocycles. The van der Waals surface area contributed by atoms with Crippen molar-refractivity contribution in [1.29, 1.82) is 0 Å². The van der Waals surface area contributed by atoms with Gasteiger partial charge in [-0.1, -0.05) is 12.1 Å². The standard InChI is InChI=1S/C13H18FNO3/c1-9-7-10(4-5-11(9)14)12(16)8-15-6-2-3-13(17)18/h4-5,7,12,15-16H,2-3,6,8H2,1H3,(H,17,18). The van der Waals surface area contributed by atoms with Crippen LogP contribution in [0, 0.1) is 12.7 Å². The molecule has 1 unspecified atom stereocenters. The third kappa shape index (κ3) is 4.81. The number of nitrogens with one attached hydrogen (secondary N) is 1. The van der Waals surface area contributed by atoms with Gasteiger partial charge in [-0.3, -0.25) is 4.79 Å². The zero-order valence-electron chi connectivity index (χ0n) is 10.3. The Balaban J connectivity index is 2.34. The highest BCUT2D eigenvalue weighted by molar-refractivity contribution is 5.66. The highest BCUT2D eigenvalue weighted by Gasteiger charge is 2.08. The van der Waals surface area contributed by atoms with E-state index in [0.717, 1.165) is 0 Å². The lowest BCUT2D eigenvalue weighted by molar-refractivity contribution is -0.137. The molecule has 1 aromatic carbocycles. The minimum absolute atomic E-state index is 0.110. The van der Waals surface area contributed by atoms with Gasteiger partial charge in [-0.2, -0.15) is 0 Å². The predicted octanol–water partition coefficient (Wildman–Crippen LogP) is 1.62. The van der Waals surface area contributed by atoms with Crippen molar-refractivity contribution < 1.29 is 19.4 Å². The number of carboxylic acids is 1. The molecule has 4 nitrogen and oxygen atoms in total. The van der Waals surface area contributed by atoms with Crippen molar-refractivity contribution in [2.45, 2.75) is 25.9 Å². The molecule has 0 bridgehead atoms. The number of halogens is 1. The quantitative estimate of drug-likeness (QED) is 0.648. The molecule has 0 amide bonds. The molecule has 0 aromatic heterocycles. The highest BCUT2D eigenvalue weighted by Crippen LogP contribution is 2.15. The van der Waals surface area contributed by atoms with Gasteiger partial charge in [-0.15, -0.1) is 0 Å². The first-order chi connectivity index (χ1) is 8.50. The Kier molecular flexibility index (Phi) is 5.74. The summed E-state index contributed by atoms with van der Waals surface area (Å²) in [6, 6.07) is 4.49. The number of aryl methyl sites for hydroxylation is 1. The first kappa shape index (κ1) is 14.6. The van der Waals surface area contributed by atoms with Crippen LogP contribution in [0.2, 0.25) is 0 Å². The monoisotopic (exact) mass is 255 g/mol. The number of benzene rings is 1. The third-order valence-corrected chi connectivity index (χ3v) is 2.65. The van der Waals surface area contributed by atoms with Crippen molar-refractivity contribution in [3.05, 3.63) is 35.1 Å². The molecule has 0 fully saturated rings. The van der Waals surface area contributed by atoms with E-state index in [1.807, 2.05) is 0 Å². The number of hydrogen-bond acceptors (Lipinski definition) is 3.